The number of rotatable bonds is 5. The van der Waals surface area contributed by atoms with Crippen LogP contribution < -0.4 is 4.90 Å². The van der Waals surface area contributed by atoms with Gasteiger partial charge >= 0.3 is 0 Å². The molecule has 3 aromatic rings. The van der Waals surface area contributed by atoms with Crippen molar-refractivity contribution in [3.63, 3.8) is 0 Å². The highest BCUT2D eigenvalue weighted by molar-refractivity contribution is 5.89. The first-order valence-corrected chi connectivity index (χ1v) is 8.46. The maximum atomic E-state index is 13.9. The van der Waals surface area contributed by atoms with E-state index in [0.717, 1.165) is 17.2 Å². The molecular weight excluding hydrogens is 348 g/mol. The zero-order valence-corrected chi connectivity index (χ0v) is 15.2. The van der Waals surface area contributed by atoms with Crippen molar-refractivity contribution in [2.45, 2.75) is 13.0 Å². The molecule has 0 aliphatic heterocycles. The van der Waals surface area contributed by atoms with E-state index in [4.69, 9.17) is 4.74 Å². The molecule has 2 aromatic carbocycles. The number of fused-ring (bicyclic) bond motifs is 1. The molecule has 1 aromatic heterocycles. The zero-order valence-electron chi connectivity index (χ0n) is 15.2. The third-order valence-corrected chi connectivity index (χ3v) is 4.11. The average molecular weight is 367 g/mol. The Bertz CT molecular complexity index is 1010. The topological polar surface area (TPSA) is 38.2 Å². The molecular formula is C21H19F2N3O. The van der Waals surface area contributed by atoms with Gasteiger partial charge in [-0.15, -0.1) is 0 Å². The van der Waals surface area contributed by atoms with Crippen LogP contribution in [-0.4, -0.2) is 30.7 Å². The number of ether oxygens (including phenoxy) is 1. The summed E-state index contributed by atoms with van der Waals surface area (Å²) in [5.41, 5.74) is 2.07. The lowest BCUT2D eigenvalue weighted by atomic mass is 10.1. The predicted molar refractivity (Wildman–Crippen MR) is 101 cm³/mol. The van der Waals surface area contributed by atoms with E-state index < -0.39 is 11.6 Å². The summed E-state index contributed by atoms with van der Waals surface area (Å²) in [5, 5.41) is 0.343. The average Bonchev–Trinajstić information content (AvgIpc) is 2.66. The van der Waals surface area contributed by atoms with Crippen LogP contribution in [0.15, 0.2) is 42.7 Å². The van der Waals surface area contributed by atoms with Gasteiger partial charge in [0, 0.05) is 44.1 Å². The van der Waals surface area contributed by atoms with Gasteiger partial charge in [-0.2, -0.15) is 0 Å². The number of anilines is 1. The first-order chi connectivity index (χ1) is 13.1. The van der Waals surface area contributed by atoms with E-state index >= 15 is 0 Å². The molecule has 0 aliphatic carbocycles. The summed E-state index contributed by atoms with van der Waals surface area (Å²) < 4.78 is 32.7. The normalized spacial score (nSPS) is 10.5. The summed E-state index contributed by atoms with van der Waals surface area (Å²) in [5.74, 6) is 5.40. The maximum absolute atomic E-state index is 13.9. The molecule has 0 aliphatic rings. The predicted octanol–water partition coefficient (Wildman–Crippen LogP) is 3.93. The lowest BCUT2D eigenvalue weighted by molar-refractivity contribution is 0.184. The largest absolute Gasteiger partial charge is 0.380 e. The van der Waals surface area contributed by atoms with Crippen molar-refractivity contribution in [3.8, 4) is 11.8 Å². The van der Waals surface area contributed by atoms with Gasteiger partial charge < -0.3 is 9.64 Å². The Kier molecular flexibility index (Phi) is 5.94. The van der Waals surface area contributed by atoms with Crippen LogP contribution in [0.2, 0.25) is 0 Å². The fraction of sp³-hybridized carbons (Fsp3) is 0.238. The zero-order chi connectivity index (χ0) is 19.2. The molecule has 0 spiro atoms. The fourth-order valence-corrected chi connectivity index (χ4v) is 2.79. The molecule has 0 atom stereocenters. The van der Waals surface area contributed by atoms with Crippen LogP contribution in [0, 0.1) is 23.5 Å². The van der Waals surface area contributed by atoms with Crippen molar-refractivity contribution in [2.75, 3.05) is 25.6 Å². The molecule has 0 saturated heterocycles. The first kappa shape index (κ1) is 18.7. The molecule has 0 unspecified atom stereocenters. The van der Waals surface area contributed by atoms with E-state index in [1.54, 1.807) is 7.11 Å². The monoisotopic (exact) mass is 367 g/mol. The fourth-order valence-electron chi connectivity index (χ4n) is 2.79. The van der Waals surface area contributed by atoms with Gasteiger partial charge in [0.2, 0.25) is 0 Å². The van der Waals surface area contributed by atoms with Crippen molar-refractivity contribution in [1.29, 1.82) is 0 Å². The SMILES string of the molecule is COCc1ccccc1C#CCCN(C)c1ncnc2c(F)cc(F)cc12. The first-order valence-electron chi connectivity index (χ1n) is 8.46. The highest BCUT2D eigenvalue weighted by Crippen LogP contribution is 2.25. The van der Waals surface area contributed by atoms with Crippen LogP contribution >= 0.6 is 0 Å². The molecule has 3 rings (SSSR count). The standard InChI is InChI=1S/C21H19F2N3O/c1-26(10-6-5-8-15-7-3-4-9-16(15)13-27-2)21-18-11-17(22)12-19(23)20(18)24-14-25-21/h3-4,7,9,11-12,14H,6,10,13H2,1-2H3. The quantitative estimate of drug-likeness (QED) is 0.641. The summed E-state index contributed by atoms with van der Waals surface area (Å²) in [6.45, 7) is 1.07. The number of aromatic nitrogens is 2. The maximum Gasteiger partial charge on any atom is 0.152 e. The van der Waals surface area contributed by atoms with Crippen LogP contribution in [0.25, 0.3) is 10.9 Å². The van der Waals surface area contributed by atoms with Gasteiger partial charge in [0.25, 0.3) is 0 Å². The molecule has 0 N–H and O–H groups in total. The van der Waals surface area contributed by atoms with Gasteiger partial charge in [0.15, 0.2) is 5.82 Å². The molecule has 6 heteroatoms. The van der Waals surface area contributed by atoms with Gasteiger partial charge in [0.05, 0.1) is 6.61 Å². The van der Waals surface area contributed by atoms with Crippen molar-refractivity contribution in [1.82, 2.24) is 9.97 Å². The molecule has 0 saturated carbocycles. The Labute approximate surface area is 156 Å². The van der Waals surface area contributed by atoms with Crippen molar-refractivity contribution in [2.24, 2.45) is 0 Å². The summed E-state index contributed by atoms with van der Waals surface area (Å²) in [7, 11) is 3.46. The molecule has 0 amide bonds. The second-order valence-electron chi connectivity index (χ2n) is 6.04. The second-order valence-corrected chi connectivity index (χ2v) is 6.04. The lowest BCUT2D eigenvalue weighted by Gasteiger charge is -2.18. The smallest absolute Gasteiger partial charge is 0.152 e. The van der Waals surface area contributed by atoms with Gasteiger partial charge in [-0.1, -0.05) is 30.0 Å². The molecule has 1 heterocycles. The Morgan fingerprint density at radius 1 is 1.15 bits per heavy atom. The van der Waals surface area contributed by atoms with E-state index in [0.29, 0.717) is 30.8 Å². The summed E-state index contributed by atoms with van der Waals surface area (Å²) in [4.78, 5) is 9.91. The molecule has 4 nitrogen and oxygen atoms in total. The lowest BCUT2D eigenvalue weighted by Crippen LogP contribution is -2.20. The second kappa shape index (κ2) is 8.56. The Morgan fingerprint density at radius 3 is 2.78 bits per heavy atom. The molecule has 138 valence electrons. The summed E-state index contributed by atoms with van der Waals surface area (Å²) in [6, 6.07) is 9.89. The van der Waals surface area contributed by atoms with Crippen LogP contribution in [-0.2, 0) is 11.3 Å². The summed E-state index contributed by atoms with van der Waals surface area (Å²) >= 11 is 0. The molecule has 0 radical (unpaired) electrons. The van der Waals surface area contributed by atoms with Gasteiger partial charge in [-0.3, -0.25) is 0 Å². The van der Waals surface area contributed by atoms with Crippen molar-refractivity contribution in [3.05, 3.63) is 65.5 Å². The van der Waals surface area contributed by atoms with E-state index in [-0.39, 0.29) is 5.52 Å². The van der Waals surface area contributed by atoms with E-state index in [9.17, 15) is 8.78 Å². The number of halogens is 2. The van der Waals surface area contributed by atoms with Crippen LogP contribution in [0.5, 0.6) is 0 Å². The van der Waals surface area contributed by atoms with Crippen LogP contribution in [0.4, 0.5) is 14.6 Å². The highest BCUT2D eigenvalue weighted by atomic mass is 19.1. The van der Waals surface area contributed by atoms with Gasteiger partial charge in [0.1, 0.15) is 23.5 Å². The number of hydrogen-bond acceptors (Lipinski definition) is 4. The minimum absolute atomic E-state index is 0.104. The third kappa shape index (κ3) is 4.39. The number of nitrogens with zero attached hydrogens (tertiary/aromatic N) is 3. The Balaban J connectivity index is 1.75. The Morgan fingerprint density at radius 2 is 1.96 bits per heavy atom. The minimum Gasteiger partial charge on any atom is -0.380 e. The van der Waals surface area contributed by atoms with Crippen LogP contribution in [0.1, 0.15) is 17.5 Å². The highest BCUT2D eigenvalue weighted by Gasteiger charge is 2.13. The van der Waals surface area contributed by atoms with Crippen molar-refractivity contribution >= 4 is 16.7 Å². The number of hydrogen-bond donors (Lipinski definition) is 0. The van der Waals surface area contributed by atoms with E-state index in [1.807, 2.05) is 36.2 Å². The van der Waals surface area contributed by atoms with Crippen LogP contribution in [0.3, 0.4) is 0 Å². The van der Waals surface area contributed by atoms with E-state index in [2.05, 4.69) is 21.8 Å². The Hall–Kier alpha value is -3.04. The summed E-state index contributed by atoms with van der Waals surface area (Å²) in [6.07, 6.45) is 1.85. The van der Waals surface area contributed by atoms with Gasteiger partial charge in [-0.05, 0) is 17.7 Å². The van der Waals surface area contributed by atoms with E-state index in [1.165, 1.54) is 12.4 Å². The molecule has 0 bridgehead atoms. The molecule has 27 heavy (non-hydrogen) atoms. The third-order valence-electron chi connectivity index (χ3n) is 4.11. The van der Waals surface area contributed by atoms with Gasteiger partial charge in [-0.25, -0.2) is 18.7 Å². The number of benzene rings is 2. The molecule has 0 fully saturated rings. The minimum atomic E-state index is -0.698. The number of methoxy groups -OCH3 is 1. The van der Waals surface area contributed by atoms with Crippen molar-refractivity contribution < 1.29 is 13.5 Å².